The molecule has 5 heteroatoms. The number of nitrogens with zero attached hydrogens (tertiary/aromatic N) is 1. The van der Waals surface area contributed by atoms with Gasteiger partial charge in [0.15, 0.2) is 0 Å². The maximum absolute atomic E-state index is 13.1. The Morgan fingerprint density at radius 3 is 2.26 bits per heavy atom. The number of fused-ring (bicyclic) bond motifs is 2. The predicted octanol–water partition coefficient (Wildman–Crippen LogP) is 5.13. The highest BCUT2D eigenvalue weighted by Crippen LogP contribution is 2.31. The third-order valence-corrected chi connectivity index (χ3v) is 5.38. The summed E-state index contributed by atoms with van der Waals surface area (Å²) < 4.78 is 12.3. The fourth-order valence-electron chi connectivity index (χ4n) is 4.12. The molecule has 0 aliphatic rings. The van der Waals surface area contributed by atoms with Crippen LogP contribution in [-0.2, 0) is 27.2 Å². The van der Waals surface area contributed by atoms with Gasteiger partial charge in [0.25, 0.3) is 0 Å². The highest BCUT2D eigenvalue weighted by atomic mass is 16.5. The molecule has 0 radical (unpaired) electrons. The molecule has 4 aromatic rings. The van der Waals surface area contributed by atoms with Crippen LogP contribution in [0.4, 0.5) is 0 Å². The first-order valence-corrected chi connectivity index (χ1v) is 10.5. The first kappa shape index (κ1) is 20.7. The number of esters is 2. The van der Waals surface area contributed by atoms with Crippen LogP contribution >= 0.6 is 0 Å². The van der Waals surface area contributed by atoms with Crippen molar-refractivity contribution in [3.05, 3.63) is 83.6 Å². The normalized spacial score (nSPS) is 11.0. The molecule has 0 saturated heterocycles. The van der Waals surface area contributed by atoms with Crippen molar-refractivity contribution in [2.24, 2.45) is 0 Å². The second kappa shape index (κ2) is 9.04. The van der Waals surface area contributed by atoms with Gasteiger partial charge in [0.05, 0.1) is 13.2 Å². The third-order valence-electron chi connectivity index (χ3n) is 5.38. The smallest absolute Gasteiger partial charge is 0.355 e. The van der Waals surface area contributed by atoms with E-state index < -0.39 is 5.97 Å². The van der Waals surface area contributed by atoms with Crippen molar-refractivity contribution in [2.75, 3.05) is 13.2 Å². The van der Waals surface area contributed by atoms with E-state index in [1.54, 1.807) is 18.4 Å². The summed E-state index contributed by atoms with van der Waals surface area (Å²) >= 11 is 0. The van der Waals surface area contributed by atoms with Crippen LogP contribution in [0.2, 0.25) is 0 Å². The van der Waals surface area contributed by atoms with Crippen molar-refractivity contribution >= 4 is 33.6 Å². The van der Waals surface area contributed by atoms with E-state index in [4.69, 9.17) is 9.47 Å². The molecule has 31 heavy (non-hydrogen) atoms. The Hall–Kier alpha value is -3.60. The maximum atomic E-state index is 13.1. The summed E-state index contributed by atoms with van der Waals surface area (Å²) in [6, 6.07) is 22.1. The van der Waals surface area contributed by atoms with Gasteiger partial charge in [-0.15, -0.1) is 0 Å². The monoisotopic (exact) mass is 415 g/mol. The molecule has 4 rings (SSSR count). The lowest BCUT2D eigenvalue weighted by atomic mass is 9.96. The molecule has 158 valence electrons. The third kappa shape index (κ3) is 4.04. The van der Waals surface area contributed by atoms with Crippen molar-refractivity contribution in [1.29, 1.82) is 0 Å². The standard InChI is InChI=1S/C26H25NO4/c1-3-30-24(28)17-27-23-15-8-7-14-21(23)22(25(27)26(29)31-4-2)16-19-12-9-11-18-10-5-6-13-20(18)19/h5-15H,3-4,16-17H2,1-2H3. The maximum Gasteiger partial charge on any atom is 0.355 e. The van der Waals surface area contributed by atoms with Crippen LogP contribution in [0.25, 0.3) is 21.7 Å². The second-order valence-corrected chi connectivity index (χ2v) is 7.27. The minimum atomic E-state index is -0.432. The zero-order valence-corrected chi connectivity index (χ0v) is 17.8. The number of rotatable bonds is 7. The molecule has 0 amide bonds. The van der Waals surface area contributed by atoms with Gasteiger partial charge in [-0.2, -0.15) is 0 Å². The van der Waals surface area contributed by atoms with Gasteiger partial charge in [-0.1, -0.05) is 60.7 Å². The number of aromatic nitrogens is 1. The van der Waals surface area contributed by atoms with E-state index in [0.717, 1.165) is 32.8 Å². The van der Waals surface area contributed by atoms with Gasteiger partial charge in [-0.3, -0.25) is 4.79 Å². The molecule has 0 spiro atoms. The Bertz CT molecular complexity index is 1250. The average Bonchev–Trinajstić information content (AvgIpc) is 3.08. The van der Waals surface area contributed by atoms with Crippen molar-refractivity contribution < 1.29 is 19.1 Å². The molecule has 0 aliphatic heterocycles. The van der Waals surface area contributed by atoms with Gasteiger partial charge in [-0.25, -0.2) is 4.79 Å². The number of para-hydroxylation sites is 1. The number of hydrogen-bond donors (Lipinski definition) is 0. The Morgan fingerprint density at radius 2 is 1.48 bits per heavy atom. The molecule has 0 unspecified atom stereocenters. The van der Waals surface area contributed by atoms with Crippen molar-refractivity contribution in [2.45, 2.75) is 26.8 Å². The number of carbonyl (C=O) groups excluding carboxylic acids is 2. The van der Waals surface area contributed by atoms with Gasteiger partial charge in [0.1, 0.15) is 12.2 Å². The van der Waals surface area contributed by atoms with Crippen LogP contribution < -0.4 is 0 Å². The molecule has 0 saturated carbocycles. The molecular weight excluding hydrogens is 390 g/mol. The molecule has 0 fully saturated rings. The molecule has 5 nitrogen and oxygen atoms in total. The Morgan fingerprint density at radius 1 is 0.806 bits per heavy atom. The number of ether oxygens (including phenoxy) is 2. The first-order valence-electron chi connectivity index (χ1n) is 10.5. The fourth-order valence-corrected chi connectivity index (χ4v) is 4.12. The predicted molar refractivity (Wildman–Crippen MR) is 121 cm³/mol. The molecule has 0 bridgehead atoms. The zero-order chi connectivity index (χ0) is 21.8. The van der Waals surface area contributed by atoms with E-state index in [1.807, 2.05) is 42.5 Å². The first-order chi connectivity index (χ1) is 15.1. The summed E-state index contributed by atoms with van der Waals surface area (Å²) in [6.07, 6.45) is 0.547. The van der Waals surface area contributed by atoms with Crippen LogP contribution in [0, 0.1) is 0 Å². The molecule has 0 N–H and O–H groups in total. The summed E-state index contributed by atoms with van der Waals surface area (Å²) in [5, 5.41) is 3.22. The fraction of sp³-hybridized carbons (Fsp3) is 0.231. The number of carbonyl (C=O) groups is 2. The summed E-state index contributed by atoms with van der Waals surface area (Å²) in [5.41, 5.74) is 3.19. The minimum Gasteiger partial charge on any atom is -0.465 e. The number of hydrogen-bond acceptors (Lipinski definition) is 4. The molecule has 1 aromatic heterocycles. The van der Waals surface area contributed by atoms with Crippen molar-refractivity contribution in [1.82, 2.24) is 4.57 Å². The Balaban J connectivity index is 1.92. The van der Waals surface area contributed by atoms with Crippen LogP contribution in [0.5, 0.6) is 0 Å². The molecule has 0 aliphatic carbocycles. The Labute approximate surface area is 181 Å². The lowest BCUT2D eigenvalue weighted by molar-refractivity contribution is -0.143. The van der Waals surface area contributed by atoms with E-state index >= 15 is 0 Å². The number of benzene rings is 3. The van der Waals surface area contributed by atoms with E-state index in [-0.39, 0.29) is 25.7 Å². The van der Waals surface area contributed by atoms with Gasteiger partial charge in [-0.05, 0) is 41.8 Å². The molecule has 3 aromatic carbocycles. The van der Waals surface area contributed by atoms with Crippen molar-refractivity contribution in [3.63, 3.8) is 0 Å². The molecular formula is C26H25NO4. The van der Waals surface area contributed by atoms with Crippen LogP contribution in [0.1, 0.15) is 35.5 Å². The summed E-state index contributed by atoms with van der Waals surface area (Å²) in [5.74, 6) is -0.816. The minimum absolute atomic E-state index is 0.0436. The molecule has 0 atom stereocenters. The van der Waals surface area contributed by atoms with Gasteiger partial charge < -0.3 is 14.0 Å². The van der Waals surface area contributed by atoms with E-state index in [9.17, 15) is 9.59 Å². The second-order valence-electron chi connectivity index (χ2n) is 7.27. The highest BCUT2D eigenvalue weighted by Gasteiger charge is 2.25. The quantitative estimate of drug-likeness (QED) is 0.393. The van der Waals surface area contributed by atoms with E-state index in [2.05, 4.69) is 24.3 Å². The van der Waals surface area contributed by atoms with Gasteiger partial charge in [0, 0.05) is 17.3 Å². The van der Waals surface area contributed by atoms with Gasteiger partial charge in [0.2, 0.25) is 0 Å². The van der Waals surface area contributed by atoms with Crippen LogP contribution in [-0.4, -0.2) is 29.7 Å². The lowest BCUT2D eigenvalue weighted by Gasteiger charge is -2.12. The van der Waals surface area contributed by atoms with Gasteiger partial charge >= 0.3 is 11.9 Å². The lowest BCUT2D eigenvalue weighted by Crippen LogP contribution is -2.20. The van der Waals surface area contributed by atoms with Crippen molar-refractivity contribution in [3.8, 4) is 0 Å². The SMILES string of the molecule is CCOC(=O)Cn1c(C(=O)OCC)c(Cc2cccc3ccccc23)c2ccccc21. The summed E-state index contributed by atoms with van der Waals surface area (Å²) in [6.45, 7) is 4.05. The topological polar surface area (TPSA) is 57.5 Å². The highest BCUT2D eigenvalue weighted by molar-refractivity contribution is 6.00. The molecule has 1 heterocycles. The summed E-state index contributed by atoms with van der Waals surface area (Å²) in [7, 11) is 0. The Kier molecular flexibility index (Phi) is 6.03. The average molecular weight is 415 g/mol. The zero-order valence-electron chi connectivity index (χ0n) is 17.8. The largest absolute Gasteiger partial charge is 0.465 e. The van der Waals surface area contributed by atoms with E-state index in [0.29, 0.717) is 12.1 Å². The van der Waals surface area contributed by atoms with E-state index in [1.165, 1.54) is 0 Å². The van der Waals surface area contributed by atoms with Crippen LogP contribution in [0.15, 0.2) is 66.7 Å². The summed E-state index contributed by atoms with van der Waals surface area (Å²) in [4.78, 5) is 25.4. The van der Waals surface area contributed by atoms with Crippen LogP contribution in [0.3, 0.4) is 0 Å².